The van der Waals surface area contributed by atoms with Crippen molar-refractivity contribution in [1.82, 2.24) is 0 Å². The van der Waals surface area contributed by atoms with Crippen LogP contribution in [-0.2, 0) is 9.47 Å². The van der Waals surface area contributed by atoms with E-state index >= 15 is 0 Å². The van der Waals surface area contributed by atoms with Gasteiger partial charge < -0.3 is 9.47 Å². The molecule has 2 aliphatic carbocycles. The summed E-state index contributed by atoms with van der Waals surface area (Å²) < 4.78 is 11.3. The van der Waals surface area contributed by atoms with E-state index in [9.17, 15) is 0 Å². The molecule has 0 N–H and O–H groups in total. The van der Waals surface area contributed by atoms with Crippen LogP contribution in [-0.4, -0.2) is 18.8 Å². The number of allylic oxidation sites excluding steroid dienone is 1. The summed E-state index contributed by atoms with van der Waals surface area (Å²) in [5.41, 5.74) is 0.285. The highest BCUT2D eigenvalue weighted by Gasteiger charge is 2.78. The smallest absolute Gasteiger partial charge is 0.150 e. The van der Waals surface area contributed by atoms with Gasteiger partial charge in [0.1, 0.15) is 5.60 Å². The molecule has 1 saturated carbocycles. The van der Waals surface area contributed by atoms with Gasteiger partial charge in [0.25, 0.3) is 0 Å². The lowest BCUT2D eigenvalue weighted by atomic mass is 9.40. The summed E-state index contributed by atoms with van der Waals surface area (Å²) in [6.45, 7) is 1.65. The maximum absolute atomic E-state index is 5.73. The average Bonchev–Trinajstić information content (AvgIpc) is 2.57. The molecule has 4 rings (SSSR count). The first kappa shape index (κ1) is 5.81. The lowest BCUT2D eigenvalue weighted by Crippen LogP contribution is -2.70. The second-order valence-electron chi connectivity index (χ2n) is 4.28. The Hall–Kier alpha value is -0.760. The summed E-state index contributed by atoms with van der Waals surface area (Å²) in [4.78, 5) is 0. The number of ether oxygens (including phenoxy) is 2. The van der Waals surface area contributed by atoms with Crippen LogP contribution in [0.5, 0.6) is 0 Å². The van der Waals surface area contributed by atoms with Crippen LogP contribution in [0.4, 0.5) is 0 Å². The van der Waals surface area contributed by atoms with Crippen molar-refractivity contribution >= 4 is 0 Å². The lowest BCUT2D eigenvalue weighted by Gasteiger charge is -2.63. The molecule has 2 fully saturated rings. The number of rotatable bonds is 0. The standard InChI is InChI=1S/C10H10O2/c1-3-9-5-11-6-10(9)8(7(1)9)2-4-12-10/h1-4,7-8H,5-6H2/t7-,8+,9?,10?/m0/s1. The molecule has 0 aromatic carbocycles. The molecular weight excluding hydrogens is 152 g/mol. The van der Waals surface area contributed by atoms with Gasteiger partial charge in [0, 0.05) is 11.8 Å². The van der Waals surface area contributed by atoms with E-state index < -0.39 is 0 Å². The summed E-state index contributed by atoms with van der Waals surface area (Å²) in [5, 5.41) is 0. The second kappa shape index (κ2) is 1.37. The van der Waals surface area contributed by atoms with Crippen LogP contribution >= 0.6 is 0 Å². The molecule has 4 aliphatic rings. The highest BCUT2D eigenvalue weighted by molar-refractivity contribution is 5.43. The van der Waals surface area contributed by atoms with Crippen molar-refractivity contribution in [3.8, 4) is 0 Å². The molecule has 4 atom stereocenters. The predicted octanol–water partition coefficient (Wildman–Crippen LogP) is 1.10. The molecule has 62 valence electrons. The zero-order valence-corrected chi connectivity index (χ0v) is 6.69. The molecule has 0 amide bonds. The van der Waals surface area contributed by atoms with E-state index in [0.29, 0.717) is 11.8 Å². The van der Waals surface area contributed by atoms with Crippen molar-refractivity contribution in [2.45, 2.75) is 5.60 Å². The van der Waals surface area contributed by atoms with Crippen molar-refractivity contribution in [3.05, 3.63) is 24.5 Å². The fourth-order valence-electron chi connectivity index (χ4n) is 3.42. The summed E-state index contributed by atoms with van der Waals surface area (Å²) in [6.07, 6.45) is 8.65. The summed E-state index contributed by atoms with van der Waals surface area (Å²) in [7, 11) is 0. The Kier molecular flexibility index (Phi) is 0.665. The molecule has 2 unspecified atom stereocenters. The van der Waals surface area contributed by atoms with E-state index in [0.717, 1.165) is 13.2 Å². The zero-order valence-electron chi connectivity index (χ0n) is 6.69. The first-order valence-electron chi connectivity index (χ1n) is 4.51. The molecular formula is C10H10O2. The van der Waals surface area contributed by atoms with Crippen molar-refractivity contribution in [1.29, 1.82) is 0 Å². The number of fused-ring (bicyclic) bond motifs is 1. The fraction of sp³-hybridized carbons (Fsp3) is 0.600. The molecule has 2 spiro atoms. The average molecular weight is 162 g/mol. The summed E-state index contributed by atoms with van der Waals surface area (Å²) in [6, 6.07) is 0. The zero-order chi connectivity index (χ0) is 7.81. The topological polar surface area (TPSA) is 18.5 Å². The first-order chi connectivity index (χ1) is 5.89. The quantitative estimate of drug-likeness (QED) is 0.496. The Morgan fingerprint density at radius 2 is 2.17 bits per heavy atom. The van der Waals surface area contributed by atoms with Crippen molar-refractivity contribution in [2.75, 3.05) is 13.2 Å². The van der Waals surface area contributed by atoms with Crippen LogP contribution in [0.15, 0.2) is 24.5 Å². The van der Waals surface area contributed by atoms with E-state index in [4.69, 9.17) is 9.47 Å². The van der Waals surface area contributed by atoms with E-state index in [-0.39, 0.29) is 11.0 Å². The Labute approximate surface area is 70.8 Å². The van der Waals surface area contributed by atoms with Gasteiger partial charge in [-0.15, -0.1) is 0 Å². The monoisotopic (exact) mass is 162 g/mol. The Morgan fingerprint density at radius 3 is 3.00 bits per heavy atom. The Balaban J connectivity index is 1.93. The van der Waals surface area contributed by atoms with E-state index in [1.165, 1.54) is 0 Å². The largest absolute Gasteiger partial charge is 0.491 e. The van der Waals surface area contributed by atoms with Gasteiger partial charge in [0.15, 0.2) is 0 Å². The normalized spacial score (nSPS) is 62.7. The third-order valence-electron chi connectivity index (χ3n) is 4.13. The Bertz CT molecular complexity index is 320. The highest BCUT2D eigenvalue weighted by atomic mass is 16.6. The van der Waals surface area contributed by atoms with Gasteiger partial charge in [0.05, 0.1) is 24.9 Å². The molecule has 2 aliphatic heterocycles. The van der Waals surface area contributed by atoms with E-state index in [1.807, 2.05) is 6.26 Å². The maximum Gasteiger partial charge on any atom is 0.150 e. The summed E-state index contributed by atoms with van der Waals surface area (Å²) >= 11 is 0. The highest BCUT2D eigenvalue weighted by Crippen LogP contribution is 2.71. The maximum atomic E-state index is 5.73. The van der Waals surface area contributed by atoms with Crippen molar-refractivity contribution in [2.24, 2.45) is 17.3 Å². The third-order valence-corrected chi connectivity index (χ3v) is 4.13. The molecule has 0 radical (unpaired) electrons. The third kappa shape index (κ3) is 0.307. The van der Waals surface area contributed by atoms with Gasteiger partial charge in [-0.2, -0.15) is 0 Å². The molecule has 12 heavy (non-hydrogen) atoms. The van der Waals surface area contributed by atoms with E-state index in [2.05, 4.69) is 18.2 Å². The van der Waals surface area contributed by atoms with Gasteiger partial charge in [-0.05, 0) is 6.08 Å². The Morgan fingerprint density at radius 1 is 1.17 bits per heavy atom. The van der Waals surface area contributed by atoms with Crippen LogP contribution in [0.2, 0.25) is 0 Å². The minimum atomic E-state index is 0.0203. The minimum absolute atomic E-state index is 0.0203. The van der Waals surface area contributed by atoms with Gasteiger partial charge in [-0.25, -0.2) is 0 Å². The van der Waals surface area contributed by atoms with Crippen molar-refractivity contribution in [3.63, 3.8) is 0 Å². The molecule has 2 heteroatoms. The molecule has 2 heterocycles. The first-order valence-corrected chi connectivity index (χ1v) is 4.51. The molecule has 0 aromatic heterocycles. The molecule has 0 bridgehead atoms. The summed E-state index contributed by atoms with van der Waals surface area (Å²) in [5.74, 6) is 1.31. The fourth-order valence-corrected chi connectivity index (χ4v) is 3.42. The lowest BCUT2D eigenvalue weighted by molar-refractivity contribution is -0.175. The second-order valence-corrected chi connectivity index (χ2v) is 4.28. The van der Waals surface area contributed by atoms with Crippen LogP contribution < -0.4 is 0 Å². The van der Waals surface area contributed by atoms with Crippen LogP contribution in [0, 0.1) is 17.3 Å². The van der Waals surface area contributed by atoms with Crippen LogP contribution in [0.3, 0.4) is 0 Å². The SMILES string of the molecule is C1=C[C@@H]2[C@@H]3C=CC34COCC24O1. The molecule has 1 saturated heterocycles. The molecule has 0 aromatic rings. The van der Waals surface area contributed by atoms with Gasteiger partial charge >= 0.3 is 0 Å². The van der Waals surface area contributed by atoms with Gasteiger partial charge in [-0.3, -0.25) is 0 Å². The van der Waals surface area contributed by atoms with Crippen LogP contribution in [0.25, 0.3) is 0 Å². The predicted molar refractivity (Wildman–Crippen MR) is 42.3 cm³/mol. The van der Waals surface area contributed by atoms with Gasteiger partial charge in [0.2, 0.25) is 0 Å². The van der Waals surface area contributed by atoms with Gasteiger partial charge in [-0.1, -0.05) is 12.2 Å². The number of hydrogen-bond donors (Lipinski definition) is 0. The molecule has 2 nitrogen and oxygen atoms in total. The van der Waals surface area contributed by atoms with Crippen LogP contribution in [0.1, 0.15) is 0 Å². The van der Waals surface area contributed by atoms with E-state index in [1.54, 1.807) is 0 Å². The van der Waals surface area contributed by atoms with Crippen molar-refractivity contribution < 1.29 is 9.47 Å². The minimum Gasteiger partial charge on any atom is -0.491 e. The number of hydrogen-bond acceptors (Lipinski definition) is 2.